The Labute approximate surface area is 242 Å². The number of halogens is 3. The highest BCUT2D eigenvalue weighted by Crippen LogP contribution is 2.40. The van der Waals surface area contributed by atoms with Gasteiger partial charge in [-0.15, -0.1) is 0 Å². The van der Waals surface area contributed by atoms with Crippen LogP contribution >= 0.6 is 69.8 Å². The molecule has 0 atom stereocenters. The molecule has 1 saturated heterocycles. The lowest BCUT2D eigenvalue weighted by molar-refractivity contribution is -0.113. The molecule has 0 aromatic heterocycles. The van der Waals surface area contributed by atoms with Crippen molar-refractivity contribution in [1.29, 1.82) is 0 Å². The van der Waals surface area contributed by atoms with E-state index in [0.717, 1.165) is 14.7 Å². The second kappa shape index (κ2) is 12.0. The number of ether oxygens (including phenoxy) is 3. The number of carbonyl (C=O) groups excluding carboxylic acids is 1. The molecule has 0 bridgehead atoms. The topological polar surface area (TPSA) is 48.0 Å². The summed E-state index contributed by atoms with van der Waals surface area (Å²) in [5.41, 5.74) is 2.38. The molecule has 1 heterocycles. The Morgan fingerprint density at radius 1 is 1.06 bits per heavy atom. The molecule has 0 unspecified atom stereocenters. The van der Waals surface area contributed by atoms with E-state index in [1.807, 2.05) is 43.3 Å². The first kappa shape index (κ1) is 27.1. The lowest BCUT2D eigenvalue weighted by Gasteiger charge is -2.16. The van der Waals surface area contributed by atoms with Crippen molar-refractivity contribution in [1.82, 2.24) is 0 Å². The molecule has 36 heavy (non-hydrogen) atoms. The highest BCUT2D eigenvalue weighted by Gasteiger charge is 2.33. The number of thioether (sulfide) groups is 1. The molecule has 0 radical (unpaired) electrons. The fourth-order valence-electron chi connectivity index (χ4n) is 3.45. The van der Waals surface area contributed by atoms with Gasteiger partial charge in [-0.2, -0.15) is 0 Å². The summed E-state index contributed by atoms with van der Waals surface area (Å²) in [6, 6.07) is 16.4. The number of anilines is 1. The second-order valence-corrected chi connectivity index (χ2v) is 11.2. The summed E-state index contributed by atoms with van der Waals surface area (Å²) in [6.45, 7) is 2.75. The van der Waals surface area contributed by atoms with Crippen molar-refractivity contribution in [3.05, 3.63) is 84.2 Å². The van der Waals surface area contributed by atoms with Crippen molar-refractivity contribution in [3.63, 3.8) is 0 Å². The summed E-state index contributed by atoms with van der Waals surface area (Å²) in [6.07, 6.45) is 1.80. The maximum absolute atomic E-state index is 13.2. The number of thiocarbonyl (C=S) groups is 1. The van der Waals surface area contributed by atoms with Gasteiger partial charge in [0, 0.05) is 5.02 Å². The molecule has 0 N–H and O–H groups in total. The Morgan fingerprint density at radius 3 is 2.47 bits per heavy atom. The van der Waals surface area contributed by atoms with Crippen LogP contribution in [0, 0.1) is 3.57 Å². The number of methoxy groups -OCH3 is 1. The number of carbonyl (C=O) groups is 1. The molecule has 0 saturated carbocycles. The zero-order chi connectivity index (χ0) is 25.8. The molecule has 1 aliphatic rings. The third-order valence-corrected chi connectivity index (χ3v) is 7.76. The number of hydrogen-bond donors (Lipinski definition) is 0. The minimum atomic E-state index is -0.220. The van der Waals surface area contributed by atoms with E-state index < -0.39 is 0 Å². The zero-order valence-corrected chi connectivity index (χ0v) is 24.5. The van der Waals surface area contributed by atoms with Gasteiger partial charge in [-0.1, -0.05) is 59.3 Å². The molecule has 0 spiro atoms. The van der Waals surface area contributed by atoms with Crippen molar-refractivity contribution < 1.29 is 19.0 Å². The summed E-state index contributed by atoms with van der Waals surface area (Å²) in [5.74, 6) is 1.55. The molecule has 3 aromatic rings. The number of rotatable bonds is 8. The average Bonchev–Trinajstić information content (AvgIpc) is 3.12. The van der Waals surface area contributed by atoms with E-state index in [1.54, 1.807) is 24.3 Å². The molecule has 10 heteroatoms. The fraction of sp³-hybridized carbons (Fsp3) is 0.154. The summed E-state index contributed by atoms with van der Waals surface area (Å²) in [7, 11) is 1.54. The number of amides is 1. The van der Waals surface area contributed by atoms with Crippen LogP contribution < -0.4 is 19.1 Å². The molecule has 186 valence electrons. The maximum atomic E-state index is 13.2. The summed E-state index contributed by atoms with van der Waals surface area (Å²) in [4.78, 5) is 15.2. The first-order valence-electron chi connectivity index (χ1n) is 10.8. The van der Waals surface area contributed by atoms with Gasteiger partial charge in [0.2, 0.25) is 0 Å². The van der Waals surface area contributed by atoms with E-state index >= 15 is 0 Å². The number of nitrogens with zero attached hydrogens (tertiary/aromatic N) is 1. The van der Waals surface area contributed by atoms with Gasteiger partial charge < -0.3 is 14.2 Å². The predicted octanol–water partition coefficient (Wildman–Crippen LogP) is 7.99. The molecule has 1 fully saturated rings. The van der Waals surface area contributed by atoms with E-state index in [1.165, 1.54) is 23.8 Å². The standard InChI is InChI=1S/C26H20Cl2INO4S2/c1-3-33-22-11-16(10-20(29)24(22)34-14-15-4-6-17(27)7-5-15)12-23-25(31)30(26(35)36-23)18-8-9-21(32-2)19(28)13-18/h4-13H,3,14H2,1-2H3. The van der Waals surface area contributed by atoms with Gasteiger partial charge in [-0.25, -0.2) is 0 Å². The summed E-state index contributed by atoms with van der Waals surface area (Å²) >= 11 is 21.2. The third-order valence-electron chi connectivity index (χ3n) is 5.11. The zero-order valence-electron chi connectivity index (χ0n) is 19.2. The Balaban J connectivity index is 1.59. The molecule has 4 rings (SSSR count). The third kappa shape index (κ3) is 6.11. The van der Waals surface area contributed by atoms with Gasteiger partial charge in [0.25, 0.3) is 5.91 Å². The Kier molecular flexibility index (Phi) is 9.05. The lowest BCUT2D eigenvalue weighted by atomic mass is 10.1. The highest BCUT2D eigenvalue weighted by atomic mass is 127. The average molecular weight is 672 g/mol. The largest absolute Gasteiger partial charge is 0.495 e. The highest BCUT2D eigenvalue weighted by molar-refractivity contribution is 14.1. The Bertz CT molecular complexity index is 1350. The molecule has 3 aromatic carbocycles. The molecule has 1 amide bonds. The van der Waals surface area contributed by atoms with E-state index in [9.17, 15) is 4.79 Å². The maximum Gasteiger partial charge on any atom is 0.270 e. The van der Waals surface area contributed by atoms with Crippen molar-refractivity contribution in [2.24, 2.45) is 0 Å². The predicted molar refractivity (Wildman–Crippen MR) is 160 cm³/mol. The number of hydrogen-bond acceptors (Lipinski definition) is 6. The lowest BCUT2D eigenvalue weighted by Crippen LogP contribution is -2.27. The minimum Gasteiger partial charge on any atom is -0.495 e. The van der Waals surface area contributed by atoms with Crippen molar-refractivity contribution in [2.75, 3.05) is 18.6 Å². The van der Waals surface area contributed by atoms with E-state index in [-0.39, 0.29) is 5.91 Å². The smallest absolute Gasteiger partial charge is 0.270 e. The Morgan fingerprint density at radius 2 is 1.81 bits per heavy atom. The van der Waals surface area contributed by atoms with Gasteiger partial charge >= 0.3 is 0 Å². The molecule has 5 nitrogen and oxygen atoms in total. The molecular formula is C26H20Cl2INO4S2. The van der Waals surface area contributed by atoms with Crippen LogP contribution in [0.1, 0.15) is 18.1 Å². The normalized spacial score (nSPS) is 14.5. The molecule has 1 aliphatic heterocycles. The first-order valence-corrected chi connectivity index (χ1v) is 13.8. The Hall–Kier alpha value is -1.98. The first-order chi connectivity index (χ1) is 17.3. The summed E-state index contributed by atoms with van der Waals surface area (Å²) in [5, 5.41) is 1.08. The van der Waals surface area contributed by atoms with Gasteiger partial charge in [0.05, 0.1) is 32.9 Å². The van der Waals surface area contributed by atoms with Gasteiger partial charge in [0.15, 0.2) is 15.8 Å². The second-order valence-electron chi connectivity index (χ2n) is 7.51. The van der Waals surface area contributed by atoms with E-state index in [2.05, 4.69) is 22.6 Å². The fourth-order valence-corrected chi connectivity index (χ4v) is 5.90. The van der Waals surface area contributed by atoms with E-state index in [4.69, 9.17) is 49.6 Å². The number of benzene rings is 3. The minimum absolute atomic E-state index is 0.220. The monoisotopic (exact) mass is 671 g/mol. The van der Waals surface area contributed by atoms with Gasteiger partial charge in [-0.05, 0) is 89.2 Å². The quantitative estimate of drug-likeness (QED) is 0.137. The molecule has 0 aliphatic carbocycles. The van der Waals surface area contributed by atoms with Crippen molar-refractivity contribution in [3.8, 4) is 17.2 Å². The van der Waals surface area contributed by atoms with Crippen molar-refractivity contribution in [2.45, 2.75) is 13.5 Å². The summed E-state index contributed by atoms with van der Waals surface area (Å²) < 4.78 is 18.4. The van der Waals surface area contributed by atoms with Crippen LogP contribution in [-0.4, -0.2) is 23.9 Å². The van der Waals surface area contributed by atoms with Crippen LogP contribution in [-0.2, 0) is 11.4 Å². The van der Waals surface area contributed by atoms with Crippen molar-refractivity contribution >= 4 is 91.8 Å². The van der Waals surface area contributed by atoms with Gasteiger partial charge in [-0.3, -0.25) is 9.69 Å². The SMILES string of the molecule is CCOc1cc(C=C2SC(=S)N(c3ccc(OC)c(Cl)c3)C2=O)cc(I)c1OCc1ccc(Cl)cc1. The van der Waals surface area contributed by atoms with E-state index in [0.29, 0.717) is 55.4 Å². The van der Waals surface area contributed by atoms with Crippen LogP contribution in [0.15, 0.2) is 59.5 Å². The van der Waals surface area contributed by atoms with Crippen LogP contribution in [0.5, 0.6) is 17.2 Å². The van der Waals surface area contributed by atoms with Crippen LogP contribution in [0.4, 0.5) is 5.69 Å². The van der Waals surface area contributed by atoms with Crippen LogP contribution in [0.2, 0.25) is 10.0 Å². The van der Waals surface area contributed by atoms with Crippen LogP contribution in [0.3, 0.4) is 0 Å². The van der Waals surface area contributed by atoms with Crippen LogP contribution in [0.25, 0.3) is 6.08 Å². The van der Waals surface area contributed by atoms with Gasteiger partial charge in [0.1, 0.15) is 12.4 Å². The molecular weight excluding hydrogens is 652 g/mol.